The van der Waals surface area contributed by atoms with E-state index in [2.05, 4.69) is 10.6 Å². The van der Waals surface area contributed by atoms with E-state index >= 15 is 0 Å². The average Bonchev–Trinajstić information content (AvgIpc) is 2.87. The van der Waals surface area contributed by atoms with Crippen molar-refractivity contribution < 1.29 is 44.7 Å². The van der Waals surface area contributed by atoms with Gasteiger partial charge in [0.1, 0.15) is 22.8 Å². The number of rotatable bonds is 6. The number of primary amides is 1. The predicted molar refractivity (Wildman–Crippen MR) is 144 cm³/mol. The third kappa shape index (κ3) is 4.02. The number of ketones is 2. The molecule has 0 aliphatic heterocycles. The van der Waals surface area contributed by atoms with E-state index in [-0.39, 0.29) is 29.7 Å². The number of nitrogens with one attached hydrogen (secondary N) is 2. The molecule has 0 bridgehead atoms. The summed E-state index contributed by atoms with van der Waals surface area (Å²) < 4.78 is 0. The molecule has 4 aliphatic carbocycles. The number of hydrogen-bond acceptors (Lipinski definition) is 11. The summed E-state index contributed by atoms with van der Waals surface area (Å²) in [6.45, 7) is 1.48. The van der Waals surface area contributed by atoms with Gasteiger partial charge in [0.05, 0.1) is 35.9 Å². The Bertz CT molecular complexity index is 1430. The largest absolute Gasteiger partial charge is 0.510 e. The Kier molecular flexibility index (Phi) is 6.87. The van der Waals surface area contributed by atoms with Crippen LogP contribution in [0.25, 0.3) is 0 Å². The van der Waals surface area contributed by atoms with Crippen LogP contribution >= 0.6 is 0 Å². The molecule has 41 heavy (non-hydrogen) atoms. The molecule has 1 aromatic carbocycles. The second-order valence-corrected chi connectivity index (χ2v) is 11.5. The SMILES string of the molecule is C[C@@H]1c2ccc(NCC(=O)NC3CCC3)c(O)c2C(=O)C2=C(O)[C@@]3(O)C(=O)C(C(N)=O)=C(O)[C@@H](N(C)C)[C@H]3[C@H](O)[C@H]21. The fourth-order valence-corrected chi connectivity index (χ4v) is 6.77. The molecule has 6 atom stereocenters. The average molecular weight is 571 g/mol. The number of amides is 2. The van der Waals surface area contributed by atoms with Crippen molar-refractivity contribution in [2.75, 3.05) is 26.0 Å². The Balaban J connectivity index is 1.59. The first-order valence-corrected chi connectivity index (χ1v) is 13.4. The van der Waals surface area contributed by atoms with Crippen molar-refractivity contribution >= 4 is 29.1 Å². The van der Waals surface area contributed by atoms with Crippen LogP contribution in [-0.2, 0) is 14.4 Å². The summed E-state index contributed by atoms with van der Waals surface area (Å²) in [6.07, 6.45) is 1.17. The van der Waals surface area contributed by atoms with Crippen molar-refractivity contribution in [3.8, 4) is 5.75 Å². The minimum atomic E-state index is -2.98. The van der Waals surface area contributed by atoms with Crippen LogP contribution in [0, 0.1) is 11.8 Å². The molecular formula is C28H34N4O9. The maximum absolute atomic E-state index is 13.9. The van der Waals surface area contributed by atoms with Gasteiger partial charge in [-0.25, -0.2) is 0 Å². The smallest absolute Gasteiger partial charge is 0.255 e. The molecule has 0 saturated heterocycles. The van der Waals surface area contributed by atoms with Gasteiger partial charge in [-0.3, -0.25) is 24.1 Å². The van der Waals surface area contributed by atoms with Crippen LogP contribution in [0.3, 0.4) is 0 Å². The highest BCUT2D eigenvalue weighted by Crippen LogP contribution is 2.56. The molecule has 5 rings (SSSR count). The summed E-state index contributed by atoms with van der Waals surface area (Å²) in [5.41, 5.74) is 1.09. The molecule has 220 valence electrons. The number of aliphatic hydroxyl groups is 4. The fourth-order valence-electron chi connectivity index (χ4n) is 6.77. The molecule has 13 heteroatoms. The minimum Gasteiger partial charge on any atom is -0.510 e. The number of aromatic hydroxyl groups is 1. The van der Waals surface area contributed by atoms with E-state index in [4.69, 9.17) is 5.73 Å². The van der Waals surface area contributed by atoms with E-state index in [0.717, 1.165) is 19.3 Å². The molecule has 13 nitrogen and oxygen atoms in total. The minimum absolute atomic E-state index is 0.0739. The lowest BCUT2D eigenvalue weighted by Crippen LogP contribution is -2.68. The van der Waals surface area contributed by atoms with E-state index in [0.29, 0.717) is 5.56 Å². The summed E-state index contributed by atoms with van der Waals surface area (Å²) >= 11 is 0. The summed E-state index contributed by atoms with van der Waals surface area (Å²) in [4.78, 5) is 53.1. The van der Waals surface area contributed by atoms with Gasteiger partial charge >= 0.3 is 0 Å². The number of hydrogen-bond donors (Lipinski definition) is 8. The van der Waals surface area contributed by atoms with Crippen LogP contribution in [-0.4, -0.2) is 98.2 Å². The number of phenolic OH excluding ortho intramolecular Hbond substituents is 1. The lowest BCUT2D eigenvalue weighted by atomic mass is 9.55. The molecule has 1 saturated carbocycles. The van der Waals surface area contributed by atoms with E-state index in [1.54, 1.807) is 13.0 Å². The quantitative estimate of drug-likeness (QED) is 0.164. The van der Waals surface area contributed by atoms with Crippen LogP contribution in [0.5, 0.6) is 5.75 Å². The molecular weight excluding hydrogens is 536 g/mol. The number of fused-ring (bicyclic) bond motifs is 3. The molecule has 0 radical (unpaired) electrons. The Morgan fingerprint density at radius 1 is 1.15 bits per heavy atom. The molecule has 0 heterocycles. The third-order valence-corrected chi connectivity index (χ3v) is 9.04. The topological polar surface area (TPSA) is 223 Å². The van der Waals surface area contributed by atoms with Gasteiger partial charge < -0.3 is 41.9 Å². The number of benzene rings is 1. The molecule has 0 aromatic heterocycles. The molecule has 2 amide bonds. The van der Waals surface area contributed by atoms with Crippen molar-refractivity contribution in [2.24, 2.45) is 17.6 Å². The second-order valence-electron chi connectivity index (χ2n) is 11.5. The Morgan fingerprint density at radius 2 is 1.80 bits per heavy atom. The third-order valence-electron chi connectivity index (χ3n) is 9.04. The van der Waals surface area contributed by atoms with Gasteiger partial charge in [-0.15, -0.1) is 0 Å². The number of Topliss-reactive ketones (excluding diaryl/α,β-unsaturated/α-hetero) is 2. The molecule has 0 unspecified atom stereocenters. The monoisotopic (exact) mass is 570 g/mol. The van der Waals surface area contributed by atoms with Gasteiger partial charge in [-0.05, 0) is 50.9 Å². The highest BCUT2D eigenvalue weighted by Gasteiger charge is 2.67. The zero-order valence-corrected chi connectivity index (χ0v) is 22.8. The van der Waals surface area contributed by atoms with Crippen molar-refractivity contribution in [3.05, 3.63) is 45.9 Å². The molecule has 1 fully saturated rings. The molecule has 0 spiro atoms. The first kappa shape index (κ1) is 28.6. The lowest BCUT2D eigenvalue weighted by molar-refractivity contribution is -0.162. The highest BCUT2D eigenvalue weighted by atomic mass is 16.4. The second kappa shape index (κ2) is 9.86. The van der Waals surface area contributed by atoms with Gasteiger partial charge in [0.25, 0.3) is 5.91 Å². The first-order chi connectivity index (χ1) is 19.2. The van der Waals surface area contributed by atoms with E-state index in [1.165, 1.54) is 25.1 Å². The fraction of sp³-hybridized carbons (Fsp3) is 0.500. The zero-order valence-electron chi connectivity index (χ0n) is 22.8. The van der Waals surface area contributed by atoms with Crippen molar-refractivity contribution in [1.29, 1.82) is 0 Å². The highest BCUT2D eigenvalue weighted by molar-refractivity contribution is 6.25. The summed E-state index contributed by atoms with van der Waals surface area (Å²) in [5, 5.41) is 62.5. The van der Waals surface area contributed by atoms with Gasteiger partial charge in [-0.1, -0.05) is 13.0 Å². The number of carbonyl (C=O) groups is 4. The zero-order chi connectivity index (χ0) is 30.1. The van der Waals surface area contributed by atoms with Crippen LogP contribution in [0.1, 0.15) is 48.0 Å². The van der Waals surface area contributed by atoms with E-state index < -0.39 is 81.4 Å². The van der Waals surface area contributed by atoms with Crippen LogP contribution < -0.4 is 16.4 Å². The number of carbonyl (C=O) groups excluding carboxylic acids is 4. The summed E-state index contributed by atoms with van der Waals surface area (Å²) in [7, 11) is 2.95. The number of nitrogens with zero attached hydrogens (tertiary/aromatic N) is 1. The van der Waals surface area contributed by atoms with Crippen LogP contribution in [0.2, 0.25) is 0 Å². The van der Waals surface area contributed by atoms with Gasteiger partial charge in [0.15, 0.2) is 11.4 Å². The number of likely N-dealkylation sites (N-methyl/N-ethyl adjacent to an activating group) is 1. The van der Waals surface area contributed by atoms with Crippen LogP contribution in [0.4, 0.5) is 5.69 Å². The molecule has 1 aromatic rings. The van der Waals surface area contributed by atoms with Crippen molar-refractivity contribution in [1.82, 2.24) is 10.2 Å². The Morgan fingerprint density at radius 3 is 2.37 bits per heavy atom. The Labute approximate surface area is 235 Å². The summed E-state index contributed by atoms with van der Waals surface area (Å²) in [5.74, 6) is -9.84. The maximum atomic E-state index is 13.9. The first-order valence-electron chi connectivity index (χ1n) is 13.4. The normalized spacial score (nSPS) is 31.3. The predicted octanol–water partition coefficient (Wildman–Crippen LogP) is -0.267. The van der Waals surface area contributed by atoms with E-state index in [9.17, 15) is 44.7 Å². The standard InChI is InChI=1S/C28H34N4O9/c1-10-12-7-8-13(30-9-14(33)31-11-5-4-6-11)21(34)16(12)22(35)17-15(10)23(36)19-20(32(2)3)24(37)18(27(29)40)26(39)28(19,41)25(17)38/h7-8,10-11,15,19-20,23,30,34,36-38,41H,4-6,9H2,1-3H3,(H2,29,40)(H,31,33)/t10-,15+,19+,20+,23-,28-/m1/s1. The number of aliphatic hydroxyl groups excluding tert-OH is 3. The van der Waals surface area contributed by atoms with Crippen molar-refractivity contribution in [2.45, 2.75) is 55.9 Å². The van der Waals surface area contributed by atoms with E-state index in [1.807, 2.05) is 0 Å². The lowest BCUT2D eigenvalue weighted by Gasteiger charge is -2.53. The number of nitrogens with two attached hydrogens (primary N) is 1. The Hall–Kier alpha value is -3.94. The van der Waals surface area contributed by atoms with Crippen LogP contribution in [0.15, 0.2) is 34.8 Å². The molecule has 4 aliphatic rings. The van der Waals surface area contributed by atoms with Gasteiger partial charge in [-0.2, -0.15) is 0 Å². The van der Waals surface area contributed by atoms with Gasteiger partial charge in [0.2, 0.25) is 11.7 Å². The number of anilines is 1. The molecule has 9 N–H and O–H groups in total. The van der Waals surface area contributed by atoms with Crippen molar-refractivity contribution in [3.63, 3.8) is 0 Å². The van der Waals surface area contributed by atoms with Gasteiger partial charge in [0, 0.05) is 17.5 Å². The maximum Gasteiger partial charge on any atom is 0.255 e. The number of phenols is 1. The summed E-state index contributed by atoms with van der Waals surface area (Å²) in [6, 6.07) is 1.84.